The summed E-state index contributed by atoms with van der Waals surface area (Å²) in [5.41, 5.74) is 0. The Bertz CT molecular complexity index is 704. The van der Waals surface area contributed by atoms with Crippen LogP contribution in [0.1, 0.15) is 38.8 Å². The number of furan rings is 1. The second-order valence-electron chi connectivity index (χ2n) is 5.08. The molecule has 130 valence electrons. The number of rotatable bonds is 9. The molecule has 0 aliphatic rings. The summed E-state index contributed by atoms with van der Waals surface area (Å²) in [6, 6.07) is 3.60. The van der Waals surface area contributed by atoms with E-state index in [2.05, 4.69) is 20.1 Å². The Morgan fingerprint density at radius 1 is 1.38 bits per heavy atom. The first kappa shape index (κ1) is 18.1. The smallest absolute Gasteiger partial charge is 0.342 e. The molecule has 0 radical (unpaired) electrons. The second kappa shape index (κ2) is 8.58. The van der Waals surface area contributed by atoms with Crippen LogP contribution in [0.2, 0.25) is 0 Å². The van der Waals surface area contributed by atoms with Crippen LogP contribution in [0.25, 0.3) is 6.08 Å². The molecule has 2 N–H and O–H groups in total. The number of nitrogens with one attached hydrogen (secondary N) is 1. The summed E-state index contributed by atoms with van der Waals surface area (Å²) >= 11 is 1.00. The average molecular weight is 350 g/mol. The zero-order chi connectivity index (χ0) is 17.5. The van der Waals surface area contributed by atoms with Gasteiger partial charge in [-0.2, -0.15) is 0 Å². The van der Waals surface area contributed by atoms with Gasteiger partial charge in [-0.05, 0) is 38.1 Å². The molecule has 0 atom stereocenters. The zero-order valence-electron chi connectivity index (χ0n) is 14.1. The molecule has 0 bridgehead atoms. The van der Waals surface area contributed by atoms with Crippen LogP contribution in [-0.2, 0) is 11.2 Å². The lowest BCUT2D eigenvalue weighted by molar-refractivity contribution is -0.131. The highest BCUT2D eigenvalue weighted by molar-refractivity contribution is 8.04. The van der Waals surface area contributed by atoms with Gasteiger partial charge in [0.15, 0.2) is 5.88 Å². The van der Waals surface area contributed by atoms with Crippen molar-refractivity contribution in [2.75, 3.05) is 18.0 Å². The quantitative estimate of drug-likeness (QED) is 0.528. The Morgan fingerprint density at radius 2 is 2.12 bits per heavy atom. The Hall–Kier alpha value is -2.22. The van der Waals surface area contributed by atoms with E-state index >= 15 is 0 Å². The lowest BCUT2D eigenvalue weighted by Gasteiger charge is -2.16. The zero-order valence-corrected chi connectivity index (χ0v) is 14.9. The van der Waals surface area contributed by atoms with Crippen LogP contribution in [0.4, 0.5) is 5.88 Å². The number of aryl methyl sites for hydroxylation is 1. The van der Waals surface area contributed by atoms with E-state index in [1.54, 1.807) is 6.07 Å². The minimum Gasteiger partial charge on any atom is -0.477 e. The van der Waals surface area contributed by atoms with Crippen molar-refractivity contribution in [1.29, 1.82) is 0 Å². The Morgan fingerprint density at radius 3 is 2.75 bits per heavy atom. The summed E-state index contributed by atoms with van der Waals surface area (Å²) in [4.78, 5) is 17.9. The average Bonchev–Trinajstić information content (AvgIpc) is 3.18. The van der Waals surface area contributed by atoms with Crippen LogP contribution in [0.3, 0.4) is 0 Å². The van der Waals surface area contributed by atoms with Crippen molar-refractivity contribution in [2.24, 2.45) is 0 Å². The molecule has 0 unspecified atom stereocenters. The van der Waals surface area contributed by atoms with E-state index in [1.807, 2.05) is 26.8 Å². The highest BCUT2D eigenvalue weighted by atomic mass is 32.2. The Kier molecular flexibility index (Phi) is 6.48. The van der Waals surface area contributed by atoms with E-state index in [0.717, 1.165) is 49.4 Å². The van der Waals surface area contributed by atoms with Gasteiger partial charge in [0, 0.05) is 31.7 Å². The number of thioether (sulfide) groups is 1. The summed E-state index contributed by atoms with van der Waals surface area (Å²) in [5, 5.41) is 16.7. The van der Waals surface area contributed by atoms with Gasteiger partial charge in [0.25, 0.3) is 0 Å². The molecular weight excluding hydrogens is 328 g/mol. The first-order chi connectivity index (χ1) is 11.6. The minimum atomic E-state index is -1.04. The molecule has 2 aromatic rings. The number of carbonyl (C=O) groups is 1. The number of anilines is 1. The van der Waals surface area contributed by atoms with E-state index in [-0.39, 0.29) is 4.91 Å². The van der Waals surface area contributed by atoms with Crippen LogP contribution >= 0.6 is 11.8 Å². The highest BCUT2D eigenvalue weighted by Crippen LogP contribution is 2.27. The molecular formula is C16H22N4O3S. The Balaban J connectivity index is 2.17. The summed E-state index contributed by atoms with van der Waals surface area (Å²) in [7, 11) is 0. The molecule has 0 saturated carbocycles. The number of hydrogen-bond donors (Lipinski definition) is 2. The van der Waals surface area contributed by atoms with Crippen molar-refractivity contribution in [3.05, 3.63) is 28.6 Å². The minimum absolute atomic E-state index is 0.109. The third-order valence-electron chi connectivity index (χ3n) is 3.37. The Labute approximate surface area is 145 Å². The molecule has 0 fully saturated rings. The molecule has 7 nitrogen and oxygen atoms in total. The third-order valence-corrected chi connectivity index (χ3v) is 4.25. The molecule has 8 heteroatoms. The van der Waals surface area contributed by atoms with E-state index < -0.39 is 5.97 Å². The fraction of sp³-hybridized carbons (Fsp3) is 0.438. The van der Waals surface area contributed by atoms with Crippen molar-refractivity contribution in [3.8, 4) is 0 Å². The predicted octanol–water partition coefficient (Wildman–Crippen LogP) is 3.41. The van der Waals surface area contributed by atoms with E-state index in [9.17, 15) is 9.90 Å². The van der Waals surface area contributed by atoms with Crippen molar-refractivity contribution >= 4 is 29.7 Å². The van der Waals surface area contributed by atoms with Crippen LogP contribution in [0.15, 0.2) is 26.6 Å². The molecule has 2 aromatic heterocycles. The van der Waals surface area contributed by atoms with E-state index in [4.69, 9.17) is 4.42 Å². The molecule has 0 aromatic carbocycles. The van der Waals surface area contributed by atoms with E-state index in [1.165, 1.54) is 6.08 Å². The van der Waals surface area contributed by atoms with Gasteiger partial charge in [0.1, 0.15) is 16.5 Å². The normalized spacial score (nSPS) is 11.7. The fourth-order valence-electron chi connectivity index (χ4n) is 2.16. The lowest BCUT2D eigenvalue weighted by Crippen LogP contribution is -2.20. The standard InChI is InChI=1S/C16H22N4O3S/c1-4-7-13-17-16(19-18-13)24-12(15(21)22)10-11-8-9-14(23-11)20(5-2)6-3/h8-10H,4-7H2,1-3H3,(H,21,22)(H,17,18,19)/b12-10-. The van der Waals surface area contributed by atoms with Crippen LogP contribution in [0, 0.1) is 0 Å². The number of carboxylic acid groups (broad SMARTS) is 1. The number of H-pyrrole nitrogens is 1. The maximum atomic E-state index is 11.5. The molecule has 0 aliphatic heterocycles. The number of nitrogens with zero attached hydrogens (tertiary/aromatic N) is 3. The number of hydrogen-bond acceptors (Lipinski definition) is 6. The molecule has 24 heavy (non-hydrogen) atoms. The van der Waals surface area contributed by atoms with Crippen molar-refractivity contribution in [2.45, 2.75) is 38.8 Å². The first-order valence-corrected chi connectivity index (χ1v) is 8.77. The lowest BCUT2D eigenvalue weighted by atomic mass is 10.3. The second-order valence-corrected chi connectivity index (χ2v) is 6.09. The SMILES string of the molecule is CCCc1nc(S/C(=C\c2ccc(N(CC)CC)o2)C(=O)O)n[nH]1. The summed E-state index contributed by atoms with van der Waals surface area (Å²) < 4.78 is 5.71. The number of aromatic amines is 1. The van der Waals surface area contributed by atoms with Gasteiger partial charge >= 0.3 is 5.97 Å². The molecule has 0 spiro atoms. The van der Waals surface area contributed by atoms with Gasteiger partial charge < -0.3 is 14.4 Å². The van der Waals surface area contributed by atoms with Gasteiger partial charge in [-0.3, -0.25) is 5.10 Å². The summed E-state index contributed by atoms with van der Waals surface area (Å²) in [5.74, 6) is 0.935. The highest BCUT2D eigenvalue weighted by Gasteiger charge is 2.15. The maximum Gasteiger partial charge on any atom is 0.342 e. The van der Waals surface area contributed by atoms with Crippen LogP contribution in [0.5, 0.6) is 0 Å². The topological polar surface area (TPSA) is 95.2 Å². The number of aromatic nitrogens is 3. The monoisotopic (exact) mass is 350 g/mol. The predicted molar refractivity (Wildman–Crippen MR) is 94.1 cm³/mol. The fourth-order valence-corrected chi connectivity index (χ4v) is 2.87. The molecule has 2 heterocycles. The van der Waals surface area contributed by atoms with Crippen molar-refractivity contribution in [3.63, 3.8) is 0 Å². The maximum absolute atomic E-state index is 11.5. The molecule has 0 aliphatic carbocycles. The number of carboxylic acids is 1. The van der Waals surface area contributed by atoms with Gasteiger partial charge in [0.05, 0.1) is 0 Å². The van der Waals surface area contributed by atoms with Crippen LogP contribution < -0.4 is 4.90 Å². The van der Waals surface area contributed by atoms with E-state index in [0.29, 0.717) is 10.9 Å². The van der Waals surface area contributed by atoms with Crippen LogP contribution in [-0.4, -0.2) is 39.3 Å². The third kappa shape index (κ3) is 4.64. The largest absolute Gasteiger partial charge is 0.477 e. The molecule has 2 rings (SSSR count). The number of aliphatic carboxylic acids is 1. The van der Waals surface area contributed by atoms with Gasteiger partial charge in [-0.1, -0.05) is 6.92 Å². The van der Waals surface area contributed by atoms with Crippen molar-refractivity contribution < 1.29 is 14.3 Å². The summed E-state index contributed by atoms with van der Waals surface area (Å²) in [6.45, 7) is 7.77. The van der Waals surface area contributed by atoms with Crippen molar-refractivity contribution in [1.82, 2.24) is 15.2 Å². The molecule has 0 saturated heterocycles. The van der Waals surface area contributed by atoms with Gasteiger partial charge in [0.2, 0.25) is 5.16 Å². The first-order valence-electron chi connectivity index (χ1n) is 7.96. The van der Waals surface area contributed by atoms with Gasteiger partial charge in [-0.25, -0.2) is 9.78 Å². The summed E-state index contributed by atoms with van der Waals surface area (Å²) in [6.07, 6.45) is 3.22. The molecule has 0 amide bonds. The van der Waals surface area contributed by atoms with Gasteiger partial charge in [-0.15, -0.1) is 5.10 Å².